The summed E-state index contributed by atoms with van der Waals surface area (Å²) >= 11 is 5.47. The van der Waals surface area contributed by atoms with Crippen molar-refractivity contribution in [3.63, 3.8) is 0 Å². The molecule has 0 radical (unpaired) electrons. The third kappa shape index (κ3) is 5.80. The van der Waals surface area contributed by atoms with E-state index in [1.54, 1.807) is 19.0 Å². The predicted octanol–water partition coefficient (Wildman–Crippen LogP) is 0.600. The van der Waals surface area contributed by atoms with Crippen molar-refractivity contribution < 1.29 is 9.59 Å². The number of nitrogens with one attached hydrogen (secondary N) is 1. The molecule has 0 heterocycles. The first kappa shape index (κ1) is 13.2. The van der Waals surface area contributed by atoms with E-state index < -0.39 is 0 Å². The predicted molar refractivity (Wildman–Crippen MR) is 56.3 cm³/mol. The molecule has 0 saturated heterocycles. The lowest BCUT2D eigenvalue weighted by atomic mass is 10.3. The Bertz CT molecular complexity index is 197. The minimum absolute atomic E-state index is 0.0366. The van der Waals surface area contributed by atoms with Crippen molar-refractivity contribution in [2.75, 3.05) is 26.5 Å². The number of alkyl halides is 1. The van der Waals surface area contributed by atoms with E-state index in [-0.39, 0.29) is 11.8 Å². The van der Waals surface area contributed by atoms with Crippen molar-refractivity contribution in [3.05, 3.63) is 0 Å². The van der Waals surface area contributed by atoms with Crippen molar-refractivity contribution in [1.29, 1.82) is 0 Å². The Morgan fingerprint density at radius 2 is 2.00 bits per heavy atom. The molecule has 5 heteroatoms. The number of hydrogen-bond donors (Lipinski definition) is 1. The third-order valence-corrected chi connectivity index (χ3v) is 2.17. The standard InChI is InChI=1S/C9H17ClN2O2/c1-11-8(13)5-7-12(2)9(14)4-3-6-10/h3-7H2,1-2H3,(H,11,13). The molecule has 0 aromatic rings. The van der Waals surface area contributed by atoms with Crippen molar-refractivity contribution in [3.8, 4) is 0 Å². The molecule has 0 atom stereocenters. The molecule has 0 aliphatic heterocycles. The molecular formula is C9H17ClN2O2. The van der Waals surface area contributed by atoms with Gasteiger partial charge in [-0.3, -0.25) is 9.59 Å². The number of amides is 2. The Labute approximate surface area is 89.6 Å². The van der Waals surface area contributed by atoms with Gasteiger partial charge in [0.2, 0.25) is 11.8 Å². The molecule has 4 nitrogen and oxygen atoms in total. The highest BCUT2D eigenvalue weighted by Crippen LogP contribution is 1.98. The monoisotopic (exact) mass is 220 g/mol. The molecule has 0 unspecified atom stereocenters. The number of carbonyl (C=O) groups excluding carboxylic acids is 2. The molecular weight excluding hydrogens is 204 g/mol. The zero-order valence-corrected chi connectivity index (χ0v) is 9.43. The summed E-state index contributed by atoms with van der Waals surface area (Å²) in [6, 6.07) is 0. The van der Waals surface area contributed by atoms with E-state index in [0.717, 1.165) is 0 Å². The van der Waals surface area contributed by atoms with Crippen LogP contribution in [0.15, 0.2) is 0 Å². The zero-order valence-electron chi connectivity index (χ0n) is 8.68. The molecule has 0 aromatic carbocycles. The van der Waals surface area contributed by atoms with Gasteiger partial charge in [-0.25, -0.2) is 0 Å². The summed E-state index contributed by atoms with van der Waals surface area (Å²) in [4.78, 5) is 23.8. The Kier molecular flexibility index (Phi) is 7.20. The molecule has 0 aliphatic rings. The smallest absolute Gasteiger partial charge is 0.222 e. The molecule has 14 heavy (non-hydrogen) atoms. The lowest BCUT2D eigenvalue weighted by Gasteiger charge is -2.16. The Morgan fingerprint density at radius 1 is 1.36 bits per heavy atom. The van der Waals surface area contributed by atoms with Gasteiger partial charge < -0.3 is 10.2 Å². The van der Waals surface area contributed by atoms with E-state index in [9.17, 15) is 9.59 Å². The first-order valence-electron chi connectivity index (χ1n) is 4.62. The van der Waals surface area contributed by atoms with Crippen LogP contribution in [-0.4, -0.2) is 43.2 Å². The maximum Gasteiger partial charge on any atom is 0.222 e. The Morgan fingerprint density at radius 3 is 2.50 bits per heavy atom. The molecule has 0 spiro atoms. The highest BCUT2D eigenvalue weighted by molar-refractivity contribution is 6.17. The lowest BCUT2D eigenvalue weighted by Crippen LogP contribution is -2.31. The van der Waals surface area contributed by atoms with E-state index in [4.69, 9.17) is 11.6 Å². The number of halogens is 1. The fourth-order valence-electron chi connectivity index (χ4n) is 0.928. The van der Waals surface area contributed by atoms with Crippen LogP contribution in [0, 0.1) is 0 Å². The molecule has 0 bridgehead atoms. The Balaban J connectivity index is 3.66. The van der Waals surface area contributed by atoms with Crippen LogP contribution in [-0.2, 0) is 9.59 Å². The summed E-state index contributed by atoms with van der Waals surface area (Å²) in [7, 11) is 3.27. The van der Waals surface area contributed by atoms with Gasteiger partial charge >= 0.3 is 0 Å². The topological polar surface area (TPSA) is 49.4 Å². The highest BCUT2D eigenvalue weighted by atomic mass is 35.5. The molecule has 1 N–H and O–H groups in total. The van der Waals surface area contributed by atoms with Crippen LogP contribution in [0.4, 0.5) is 0 Å². The van der Waals surface area contributed by atoms with Crippen molar-refractivity contribution in [1.82, 2.24) is 10.2 Å². The summed E-state index contributed by atoms with van der Waals surface area (Å²) in [6.07, 6.45) is 1.48. The SMILES string of the molecule is CNC(=O)CCN(C)C(=O)CCCCl. The first-order valence-corrected chi connectivity index (χ1v) is 5.15. The second kappa shape index (κ2) is 7.62. The fourth-order valence-corrected chi connectivity index (χ4v) is 1.06. The van der Waals surface area contributed by atoms with Gasteiger partial charge in [-0.2, -0.15) is 0 Å². The normalized spacial score (nSPS) is 9.64. The molecule has 2 amide bonds. The quantitative estimate of drug-likeness (QED) is 0.667. The minimum Gasteiger partial charge on any atom is -0.359 e. The van der Waals surface area contributed by atoms with Gasteiger partial charge in [-0.1, -0.05) is 0 Å². The van der Waals surface area contributed by atoms with Crippen LogP contribution < -0.4 is 5.32 Å². The summed E-state index contributed by atoms with van der Waals surface area (Å²) in [6.45, 7) is 0.459. The minimum atomic E-state index is -0.0537. The van der Waals surface area contributed by atoms with Gasteiger partial charge in [-0.15, -0.1) is 11.6 Å². The molecule has 0 aliphatic carbocycles. The van der Waals surface area contributed by atoms with Gasteiger partial charge in [0.1, 0.15) is 0 Å². The van der Waals surface area contributed by atoms with Gasteiger partial charge in [0.25, 0.3) is 0 Å². The van der Waals surface area contributed by atoms with E-state index in [2.05, 4.69) is 5.32 Å². The maximum atomic E-state index is 11.3. The summed E-state index contributed by atoms with van der Waals surface area (Å²) in [5, 5.41) is 2.50. The molecule has 0 fully saturated rings. The number of rotatable bonds is 6. The van der Waals surface area contributed by atoms with Crippen molar-refractivity contribution in [2.45, 2.75) is 19.3 Å². The largest absolute Gasteiger partial charge is 0.359 e. The first-order chi connectivity index (χ1) is 6.61. The van der Waals surface area contributed by atoms with Crippen molar-refractivity contribution >= 4 is 23.4 Å². The van der Waals surface area contributed by atoms with Crippen LogP contribution in [0.5, 0.6) is 0 Å². The van der Waals surface area contributed by atoms with Gasteiger partial charge in [0.05, 0.1) is 0 Å². The number of carbonyl (C=O) groups is 2. The third-order valence-electron chi connectivity index (χ3n) is 1.90. The lowest BCUT2D eigenvalue weighted by molar-refractivity contribution is -0.130. The molecule has 82 valence electrons. The summed E-state index contributed by atoms with van der Waals surface area (Å²) in [5.74, 6) is 0.478. The fraction of sp³-hybridized carbons (Fsp3) is 0.778. The zero-order chi connectivity index (χ0) is 11.0. The van der Waals surface area contributed by atoms with Crippen LogP contribution in [0.1, 0.15) is 19.3 Å². The number of nitrogens with zero attached hydrogens (tertiary/aromatic N) is 1. The van der Waals surface area contributed by atoms with E-state index in [0.29, 0.717) is 31.7 Å². The van der Waals surface area contributed by atoms with E-state index in [1.165, 1.54) is 0 Å². The average molecular weight is 221 g/mol. The van der Waals surface area contributed by atoms with Crippen LogP contribution in [0.3, 0.4) is 0 Å². The van der Waals surface area contributed by atoms with Gasteiger partial charge in [-0.05, 0) is 6.42 Å². The van der Waals surface area contributed by atoms with Crippen LogP contribution in [0.2, 0.25) is 0 Å². The Hall–Kier alpha value is -0.770. The second-order valence-electron chi connectivity index (χ2n) is 3.03. The summed E-state index contributed by atoms with van der Waals surface area (Å²) in [5.41, 5.74) is 0. The van der Waals surface area contributed by atoms with Crippen LogP contribution >= 0.6 is 11.6 Å². The van der Waals surface area contributed by atoms with Gasteiger partial charge in [0.15, 0.2) is 0 Å². The average Bonchev–Trinajstić information content (AvgIpc) is 2.21. The van der Waals surface area contributed by atoms with Crippen LogP contribution in [0.25, 0.3) is 0 Å². The number of hydrogen-bond acceptors (Lipinski definition) is 2. The molecule has 0 saturated carbocycles. The highest BCUT2D eigenvalue weighted by Gasteiger charge is 2.09. The van der Waals surface area contributed by atoms with Crippen molar-refractivity contribution in [2.24, 2.45) is 0 Å². The second-order valence-corrected chi connectivity index (χ2v) is 3.41. The maximum absolute atomic E-state index is 11.3. The van der Waals surface area contributed by atoms with Gasteiger partial charge in [0, 0.05) is 39.4 Å². The molecule has 0 rings (SSSR count). The van der Waals surface area contributed by atoms with E-state index in [1.807, 2.05) is 0 Å². The molecule has 0 aromatic heterocycles. The summed E-state index contributed by atoms with van der Waals surface area (Å²) < 4.78 is 0. The van der Waals surface area contributed by atoms with E-state index >= 15 is 0 Å².